The van der Waals surface area contributed by atoms with E-state index in [1.807, 2.05) is 0 Å². The number of ether oxygens (including phenoxy) is 2. The third-order valence-electron chi connectivity index (χ3n) is 6.98. The molecule has 2 fully saturated rings. The van der Waals surface area contributed by atoms with Crippen molar-refractivity contribution in [2.75, 3.05) is 13.2 Å². The lowest BCUT2D eigenvalue weighted by Gasteiger charge is -2.27. The molecule has 6 nitrogen and oxygen atoms in total. The second kappa shape index (κ2) is 14.0. The van der Waals surface area contributed by atoms with E-state index in [-0.39, 0.29) is 11.3 Å². The van der Waals surface area contributed by atoms with Crippen LogP contribution in [0.15, 0.2) is 47.4 Å². The van der Waals surface area contributed by atoms with Crippen LogP contribution in [-0.2, 0) is 24.3 Å². The van der Waals surface area contributed by atoms with Gasteiger partial charge in [0.15, 0.2) is 0 Å². The maximum Gasteiger partial charge on any atom is 0.264 e. The van der Waals surface area contributed by atoms with Gasteiger partial charge in [-0.3, -0.25) is 4.79 Å². The van der Waals surface area contributed by atoms with E-state index in [4.69, 9.17) is 9.47 Å². The Morgan fingerprint density at radius 1 is 1.03 bits per heavy atom. The summed E-state index contributed by atoms with van der Waals surface area (Å²) in [7, 11) is -3.79. The summed E-state index contributed by atoms with van der Waals surface area (Å²) in [5, 5.41) is 0. The molecule has 1 N–H and O–H groups in total. The molecule has 0 aliphatic carbocycles. The lowest BCUT2D eigenvalue weighted by atomic mass is 9.76. The van der Waals surface area contributed by atoms with Crippen molar-refractivity contribution in [1.29, 1.82) is 0 Å². The zero-order valence-corrected chi connectivity index (χ0v) is 21.3. The number of allylic oxidation sites excluding steroid dienone is 2. The Morgan fingerprint density at radius 3 is 2.56 bits per heavy atom. The van der Waals surface area contributed by atoms with Gasteiger partial charge in [0, 0.05) is 19.6 Å². The third-order valence-corrected chi connectivity index (χ3v) is 8.37. The summed E-state index contributed by atoms with van der Waals surface area (Å²) in [5.74, 6) is 0.666. The minimum Gasteiger partial charge on any atom is -0.381 e. The van der Waals surface area contributed by atoms with E-state index in [1.54, 1.807) is 18.2 Å². The first-order chi connectivity index (χ1) is 16.5. The molecule has 1 aromatic carbocycles. The molecule has 0 saturated carbocycles. The van der Waals surface area contributed by atoms with Crippen LogP contribution in [0.2, 0.25) is 0 Å². The van der Waals surface area contributed by atoms with Gasteiger partial charge in [-0.15, -0.1) is 0 Å². The fraction of sp³-hybridized carbons (Fsp3) is 0.667. The molecule has 2 aliphatic rings. The summed E-state index contributed by atoms with van der Waals surface area (Å²) in [6.45, 7) is 3.91. The van der Waals surface area contributed by atoms with Gasteiger partial charge in [0.2, 0.25) is 5.91 Å². The number of unbranched alkanes of at least 4 members (excludes halogenated alkanes) is 4. The van der Waals surface area contributed by atoms with Crippen molar-refractivity contribution in [1.82, 2.24) is 4.72 Å². The number of nitrogens with one attached hydrogen (secondary N) is 1. The molecular weight excluding hydrogens is 450 g/mol. The van der Waals surface area contributed by atoms with Crippen LogP contribution in [0.1, 0.15) is 77.6 Å². The van der Waals surface area contributed by atoms with Crippen molar-refractivity contribution < 1.29 is 22.7 Å². The van der Waals surface area contributed by atoms with Crippen molar-refractivity contribution in [2.45, 2.75) is 94.7 Å². The standard InChI is InChI=1S/C27H41NO5S/c1-2-3-4-12-20-32-21-19-24-23(25-17-18-26(24)33-25)15-10-5-6-11-16-27(29)28-34(30,31)22-13-8-7-9-14-22/h5,7-10,13-14,23-26H,2-4,6,11-12,15-21H2,1H3,(H,28,29)/b10-5-/t23-,24+,25-,26+/m1/s1. The Bertz CT molecular complexity index is 870. The molecule has 4 atom stereocenters. The largest absolute Gasteiger partial charge is 0.381 e. The summed E-state index contributed by atoms with van der Waals surface area (Å²) in [4.78, 5) is 12.2. The highest BCUT2D eigenvalue weighted by molar-refractivity contribution is 7.90. The molecule has 34 heavy (non-hydrogen) atoms. The van der Waals surface area contributed by atoms with Crippen molar-refractivity contribution in [2.24, 2.45) is 11.8 Å². The number of fused-ring (bicyclic) bond motifs is 2. The molecule has 0 unspecified atom stereocenters. The SMILES string of the molecule is CCCCCCOCC[C@H]1[C@@H](C/C=C\CCCC(=O)NS(=O)(=O)c2ccccc2)[C@H]2CC[C@@H]1O2. The fourth-order valence-corrected chi connectivity index (χ4v) is 6.20. The average molecular weight is 492 g/mol. The van der Waals surface area contributed by atoms with Gasteiger partial charge in [-0.2, -0.15) is 0 Å². The van der Waals surface area contributed by atoms with Gasteiger partial charge in [-0.25, -0.2) is 13.1 Å². The fourth-order valence-electron chi connectivity index (χ4n) is 5.16. The molecule has 7 heteroatoms. The van der Waals surface area contributed by atoms with E-state index in [1.165, 1.54) is 37.8 Å². The quantitative estimate of drug-likeness (QED) is 0.248. The van der Waals surface area contributed by atoms with Crippen LogP contribution in [0.3, 0.4) is 0 Å². The maximum atomic E-state index is 12.2. The molecular formula is C27H41NO5S. The molecule has 190 valence electrons. The smallest absolute Gasteiger partial charge is 0.264 e. The molecule has 2 bridgehead atoms. The van der Waals surface area contributed by atoms with Gasteiger partial charge in [0.05, 0.1) is 17.1 Å². The lowest BCUT2D eigenvalue weighted by Crippen LogP contribution is -2.30. The summed E-state index contributed by atoms with van der Waals surface area (Å²) >= 11 is 0. The van der Waals surface area contributed by atoms with Crippen molar-refractivity contribution >= 4 is 15.9 Å². The van der Waals surface area contributed by atoms with Gasteiger partial charge in [0.25, 0.3) is 10.0 Å². The van der Waals surface area contributed by atoms with Gasteiger partial charge in [-0.05, 0) is 68.9 Å². The lowest BCUT2D eigenvalue weighted by molar-refractivity contribution is -0.119. The maximum absolute atomic E-state index is 12.2. The number of sulfonamides is 1. The highest BCUT2D eigenvalue weighted by atomic mass is 32.2. The summed E-state index contributed by atoms with van der Waals surface area (Å²) in [6.07, 6.45) is 16.0. The Balaban J connectivity index is 1.32. The molecule has 0 aromatic heterocycles. The number of amides is 1. The Kier molecular flexibility index (Phi) is 11.1. The van der Waals surface area contributed by atoms with E-state index in [9.17, 15) is 13.2 Å². The van der Waals surface area contributed by atoms with Crippen LogP contribution >= 0.6 is 0 Å². The second-order valence-electron chi connectivity index (χ2n) is 9.52. The molecule has 1 amide bonds. The monoisotopic (exact) mass is 491 g/mol. The van der Waals surface area contributed by atoms with Gasteiger partial charge in [0.1, 0.15) is 0 Å². The first-order valence-corrected chi connectivity index (χ1v) is 14.5. The topological polar surface area (TPSA) is 81.7 Å². The number of carbonyl (C=O) groups is 1. The number of hydrogen-bond acceptors (Lipinski definition) is 5. The van der Waals surface area contributed by atoms with Gasteiger partial charge < -0.3 is 9.47 Å². The van der Waals surface area contributed by atoms with Crippen LogP contribution in [0.4, 0.5) is 0 Å². The molecule has 1 aromatic rings. The number of rotatable bonds is 16. The van der Waals surface area contributed by atoms with Gasteiger partial charge >= 0.3 is 0 Å². The van der Waals surface area contributed by atoms with E-state index in [0.29, 0.717) is 30.5 Å². The van der Waals surface area contributed by atoms with E-state index in [2.05, 4.69) is 23.8 Å². The van der Waals surface area contributed by atoms with Crippen molar-refractivity contribution in [3.05, 3.63) is 42.5 Å². The predicted molar refractivity (Wildman–Crippen MR) is 134 cm³/mol. The second-order valence-corrected chi connectivity index (χ2v) is 11.2. The average Bonchev–Trinajstić information content (AvgIpc) is 3.43. The molecule has 2 heterocycles. The van der Waals surface area contributed by atoms with Crippen LogP contribution in [0.5, 0.6) is 0 Å². The highest BCUT2D eigenvalue weighted by Gasteiger charge is 2.47. The van der Waals surface area contributed by atoms with Crippen molar-refractivity contribution in [3.8, 4) is 0 Å². The van der Waals surface area contributed by atoms with E-state index >= 15 is 0 Å². The molecule has 3 rings (SSSR count). The predicted octanol–water partition coefficient (Wildman–Crippen LogP) is 5.39. The van der Waals surface area contributed by atoms with Crippen LogP contribution < -0.4 is 4.72 Å². The molecule has 0 spiro atoms. The number of hydrogen-bond donors (Lipinski definition) is 1. The zero-order valence-electron chi connectivity index (χ0n) is 20.5. The number of benzene rings is 1. The highest BCUT2D eigenvalue weighted by Crippen LogP contribution is 2.46. The first-order valence-electron chi connectivity index (χ1n) is 13.0. The van der Waals surface area contributed by atoms with Gasteiger partial charge in [-0.1, -0.05) is 56.5 Å². The van der Waals surface area contributed by atoms with Crippen LogP contribution in [0.25, 0.3) is 0 Å². The van der Waals surface area contributed by atoms with Crippen LogP contribution in [-0.4, -0.2) is 39.7 Å². The Morgan fingerprint density at radius 2 is 1.79 bits per heavy atom. The normalized spacial score (nSPS) is 24.1. The number of carbonyl (C=O) groups excluding carboxylic acids is 1. The zero-order chi connectivity index (χ0) is 24.2. The third kappa shape index (κ3) is 8.21. The Hall–Kier alpha value is -1.70. The molecule has 2 saturated heterocycles. The Labute approximate surface area is 205 Å². The summed E-state index contributed by atoms with van der Waals surface area (Å²) in [5.41, 5.74) is 0. The minimum atomic E-state index is -3.79. The summed E-state index contributed by atoms with van der Waals surface area (Å²) in [6, 6.07) is 7.96. The van der Waals surface area contributed by atoms with E-state index < -0.39 is 15.9 Å². The molecule has 2 aliphatic heterocycles. The minimum absolute atomic E-state index is 0.104. The van der Waals surface area contributed by atoms with Crippen molar-refractivity contribution in [3.63, 3.8) is 0 Å². The first kappa shape index (κ1) is 26.9. The molecule has 0 radical (unpaired) electrons. The van der Waals surface area contributed by atoms with Crippen LogP contribution in [0, 0.1) is 11.8 Å². The summed E-state index contributed by atoms with van der Waals surface area (Å²) < 4.78 is 38.6. The van der Waals surface area contributed by atoms with E-state index in [0.717, 1.165) is 45.3 Å².